The fourth-order valence-corrected chi connectivity index (χ4v) is 2.49. The van der Waals surface area contributed by atoms with Gasteiger partial charge in [-0.1, -0.05) is 30.3 Å². The second-order valence-corrected chi connectivity index (χ2v) is 5.66. The summed E-state index contributed by atoms with van der Waals surface area (Å²) in [5.74, 6) is 0.113. The van der Waals surface area contributed by atoms with Gasteiger partial charge in [0.2, 0.25) is 0 Å². The van der Waals surface area contributed by atoms with Crippen molar-refractivity contribution < 1.29 is 13.2 Å². The van der Waals surface area contributed by atoms with Gasteiger partial charge in [0.25, 0.3) is 0 Å². The van der Waals surface area contributed by atoms with Gasteiger partial charge in [-0.25, -0.2) is 8.42 Å². The quantitative estimate of drug-likeness (QED) is 0.711. The molecule has 1 aromatic rings. The van der Waals surface area contributed by atoms with E-state index in [1.807, 2.05) is 18.2 Å². The highest BCUT2D eigenvalue weighted by Crippen LogP contribution is 2.05. The molecule has 0 bridgehead atoms. The maximum Gasteiger partial charge on any atom is 0.156 e. The van der Waals surface area contributed by atoms with Crippen LogP contribution in [0.2, 0.25) is 0 Å². The van der Waals surface area contributed by atoms with Crippen LogP contribution < -0.4 is 5.73 Å². The highest BCUT2D eigenvalue weighted by molar-refractivity contribution is 7.90. The molecule has 5 heteroatoms. The Morgan fingerprint density at radius 3 is 2.44 bits per heavy atom. The van der Waals surface area contributed by atoms with E-state index in [1.165, 1.54) is 0 Å². The minimum atomic E-state index is -3.08. The molecule has 0 saturated carbocycles. The summed E-state index contributed by atoms with van der Waals surface area (Å²) in [6.45, 7) is 1.03. The summed E-state index contributed by atoms with van der Waals surface area (Å²) in [6.07, 6.45) is 0. The molecular formula is C11H17NO3S. The predicted octanol–water partition coefficient (Wildman–Crippen LogP) is 0.577. The van der Waals surface area contributed by atoms with Crippen molar-refractivity contribution in [2.45, 2.75) is 5.75 Å². The minimum Gasteiger partial charge on any atom is -0.379 e. The molecule has 1 rings (SSSR count). The molecule has 0 saturated heterocycles. The van der Waals surface area contributed by atoms with Crippen LogP contribution in [-0.2, 0) is 20.3 Å². The second-order valence-electron chi connectivity index (χ2n) is 3.48. The van der Waals surface area contributed by atoms with E-state index in [0.717, 1.165) is 5.56 Å². The van der Waals surface area contributed by atoms with Crippen LogP contribution in [0.1, 0.15) is 5.56 Å². The van der Waals surface area contributed by atoms with E-state index in [0.29, 0.717) is 13.2 Å². The van der Waals surface area contributed by atoms with Gasteiger partial charge in [0.1, 0.15) is 0 Å². The van der Waals surface area contributed by atoms with Crippen LogP contribution in [0.4, 0.5) is 0 Å². The monoisotopic (exact) mass is 243 g/mol. The van der Waals surface area contributed by atoms with Crippen molar-refractivity contribution in [1.82, 2.24) is 0 Å². The largest absolute Gasteiger partial charge is 0.379 e. The Morgan fingerprint density at radius 1 is 1.12 bits per heavy atom. The van der Waals surface area contributed by atoms with Crippen molar-refractivity contribution in [3.63, 3.8) is 0 Å². The van der Waals surface area contributed by atoms with Gasteiger partial charge in [0.05, 0.1) is 24.7 Å². The Hall–Kier alpha value is -0.910. The standard InChI is InChI=1S/C11H17NO3S/c12-6-7-15-8-9-16(13,14)10-11-4-2-1-3-5-11/h1-5H,6-10,12H2. The highest BCUT2D eigenvalue weighted by Gasteiger charge is 2.11. The molecule has 2 N–H and O–H groups in total. The Bertz CT molecular complexity index is 389. The Labute approximate surface area is 96.3 Å². The molecule has 0 aromatic heterocycles. The first kappa shape index (κ1) is 13.2. The zero-order valence-corrected chi connectivity index (χ0v) is 9.95. The van der Waals surface area contributed by atoms with Crippen molar-refractivity contribution in [3.05, 3.63) is 35.9 Å². The third kappa shape index (κ3) is 5.25. The summed E-state index contributed by atoms with van der Waals surface area (Å²) in [6, 6.07) is 9.13. The van der Waals surface area contributed by atoms with Gasteiger partial charge in [-0.2, -0.15) is 0 Å². The maximum atomic E-state index is 11.7. The van der Waals surface area contributed by atoms with Gasteiger partial charge in [-0.3, -0.25) is 0 Å². The summed E-state index contributed by atoms with van der Waals surface area (Å²) in [5, 5.41) is 0. The van der Waals surface area contributed by atoms with Gasteiger partial charge in [0.15, 0.2) is 9.84 Å². The molecular weight excluding hydrogens is 226 g/mol. The number of hydrogen-bond acceptors (Lipinski definition) is 4. The zero-order chi connectivity index (χ0) is 11.9. The molecule has 4 nitrogen and oxygen atoms in total. The Kier molecular flexibility index (Phi) is 5.45. The molecule has 0 spiro atoms. The minimum absolute atomic E-state index is 0.0435. The molecule has 0 fully saturated rings. The number of sulfone groups is 1. The number of hydrogen-bond donors (Lipinski definition) is 1. The third-order valence-electron chi connectivity index (χ3n) is 2.03. The summed E-state index contributed by atoms with van der Waals surface area (Å²) >= 11 is 0. The molecule has 0 aliphatic heterocycles. The topological polar surface area (TPSA) is 69.4 Å². The molecule has 0 radical (unpaired) electrons. The molecule has 0 amide bonds. The first-order chi connectivity index (χ1) is 7.64. The van der Waals surface area contributed by atoms with Gasteiger partial charge in [-0.05, 0) is 5.56 Å². The molecule has 0 aliphatic carbocycles. The van der Waals surface area contributed by atoms with E-state index in [1.54, 1.807) is 12.1 Å². The van der Waals surface area contributed by atoms with Gasteiger partial charge in [0, 0.05) is 6.54 Å². The van der Waals surface area contributed by atoms with E-state index in [4.69, 9.17) is 10.5 Å². The average molecular weight is 243 g/mol. The zero-order valence-electron chi connectivity index (χ0n) is 9.13. The first-order valence-corrected chi connectivity index (χ1v) is 6.98. The van der Waals surface area contributed by atoms with Gasteiger partial charge >= 0.3 is 0 Å². The van der Waals surface area contributed by atoms with Crippen LogP contribution in [0.5, 0.6) is 0 Å². The molecule has 0 heterocycles. The van der Waals surface area contributed by atoms with Crippen LogP contribution in [0, 0.1) is 0 Å². The molecule has 0 aliphatic rings. The Morgan fingerprint density at radius 2 is 1.81 bits per heavy atom. The van der Waals surface area contributed by atoms with Crippen molar-refractivity contribution in [1.29, 1.82) is 0 Å². The summed E-state index contributed by atoms with van der Waals surface area (Å²) in [5.41, 5.74) is 6.03. The first-order valence-electron chi connectivity index (χ1n) is 5.16. The molecule has 0 atom stereocenters. The van der Waals surface area contributed by atoms with E-state index >= 15 is 0 Å². The fraction of sp³-hybridized carbons (Fsp3) is 0.455. The second kappa shape index (κ2) is 6.62. The summed E-state index contributed by atoms with van der Waals surface area (Å²) < 4.78 is 28.4. The number of ether oxygens (including phenoxy) is 1. The molecule has 90 valence electrons. The lowest BCUT2D eigenvalue weighted by atomic mass is 10.2. The van der Waals surface area contributed by atoms with E-state index < -0.39 is 9.84 Å². The van der Waals surface area contributed by atoms with Crippen molar-refractivity contribution >= 4 is 9.84 Å². The van der Waals surface area contributed by atoms with Crippen molar-refractivity contribution in [2.75, 3.05) is 25.5 Å². The van der Waals surface area contributed by atoms with Crippen LogP contribution in [0.25, 0.3) is 0 Å². The lowest BCUT2D eigenvalue weighted by molar-refractivity contribution is 0.157. The predicted molar refractivity (Wildman–Crippen MR) is 63.8 cm³/mol. The smallest absolute Gasteiger partial charge is 0.156 e. The lowest BCUT2D eigenvalue weighted by Crippen LogP contribution is -2.17. The number of benzene rings is 1. The van der Waals surface area contributed by atoms with Crippen LogP contribution >= 0.6 is 0 Å². The van der Waals surface area contributed by atoms with Crippen LogP contribution in [0.15, 0.2) is 30.3 Å². The van der Waals surface area contributed by atoms with Crippen molar-refractivity contribution in [3.8, 4) is 0 Å². The van der Waals surface area contributed by atoms with E-state index in [-0.39, 0.29) is 18.1 Å². The molecule has 0 unspecified atom stereocenters. The maximum absolute atomic E-state index is 11.7. The number of nitrogens with two attached hydrogens (primary N) is 1. The van der Waals surface area contributed by atoms with Crippen LogP contribution in [0.3, 0.4) is 0 Å². The average Bonchev–Trinajstić information content (AvgIpc) is 2.25. The summed E-state index contributed by atoms with van der Waals surface area (Å²) in [7, 11) is -3.08. The van der Waals surface area contributed by atoms with Gasteiger partial charge < -0.3 is 10.5 Å². The van der Waals surface area contributed by atoms with E-state index in [2.05, 4.69) is 0 Å². The molecule has 1 aromatic carbocycles. The lowest BCUT2D eigenvalue weighted by Gasteiger charge is -2.05. The fourth-order valence-electron chi connectivity index (χ4n) is 1.27. The summed E-state index contributed by atoms with van der Waals surface area (Å²) in [4.78, 5) is 0. The van der Waals surface area contributed by atoms with Crippen LogP contribution in [-0.4, -0.2) is 33.9 Å². The third-order valence-corrected chi connectivity index (χ3v) is 3.59. The molecule has 16 heavy (non-hydrogen) atoms. The highest BCUT2D eigenvalue weighted by atomic mass is 32.2. The van der Waals surface area contributed by atoms with Gasteiger partial charge in [-0.15, -0.1) is 0 Å². The Balaban J connectivity index is 2.40. The van der Waals surface area contributed by atoms with Crippen molar-refractivity contribution in [2.24, 2.45) is 5.73 Å². The SMILES string of the molecule is NCCOCCS(=O)(=O)Cc1ccccc1. The van der Waals surface area contributed by atoms with E-state index in [9.17, 15) is 8.42 Å². The number of rotatable bonds is 7. The normalized spacial score (nSPS) is 11.6.